The molecule has 27 heavy (non-hydrogen) atoms. The molecule has 4 rings (SSSR count). The van der Waals surface area contributed by atoms with E-state index in [4.69, 9.17) is 9.26 Å². The van der Waals surface area contributed by atoms with E-state index in [1.807, 2.05) is 13.0 Å². The lowest BCUT2D eigenvalue weighted by atomic mass is 9.75. The minimum absolute atomic E-state index is 0.0198. The Morgan fingerprint density at radius 2 is 2.15 bits per heavy atom. The molecule has 2 aromatic rings. The molecule has 0 amide bonds. The predicted molar refractivity (Wildman–Crippen MR) is 98.6 cm³/mol. The maximum atomic E-state index is 13.4. The normalized spacial score (nSPS) is 26.3. The summed E-state index contributed by atoms with van der Waals surface area (Å²) in [5, 5.41) is 13.8. The second-order valence-corrected chi connectivity index (χ2v) is 9.56. The molecular formula is C19H24N2O5S. The van der Waals surface area contributed by atoms with Gasteiger partial charge < -0.3 is 14.4 Å². The van der Waals surface area contributed by atoms with Gasteiger partial charge in [0.1, 0.15) is 0 Å². The molecular weight excluding hydrogens is 368 g/mol. The maximum Gasteiger partial charge on any atom is 0.243 e. The van der Waals surface area contributed by atoms with Crippen molar-refractivity contribution < 1.29 is 22.8 Å². The van der Waals surface area contributed by atoms with Crippen molar-refractivity contribution in [3.05, 3.63) is 35.5 Å². The van der Waals surface area contributed by atoms with Crippen LogP contribution >= 0.6 is 0 Å². The van der Waals surface area contributed by atoms with Crippen LogP contribution in [0.1, 0.15) is 17.7 Å². The van der Waals surface area contributed by atoms with E-state index < -0.39 is 15.4 Å². The van der Waals surface area contributed by atoms with Gasteiger partial charge in [0.25, 0.3) is 0 Å². The average Bonchev–Trinajstić information content (AvgIpc) is 3.26. The zero-order valence-corrected chi connectivity index (χ0v) is 16.3. The number of ether oxygens (including phenoxy) is 1. The lowest BCUT2D eigenvalue weighted by Gasteiger charge is -2.36. The number of sulfonamides is 1. The van der Waals surface area contributed by atoms with Crippen LogP contribution in [0.3, 0.4) is 0 Å². The van der Waals surface area contributed by atoms with Gasteiger partial charge in [-0.05, 0) is 31.9 Å². The fourth-order valence-corrected chi connectivity index (χ4v) is 5.94. The van der Waals surface area contributed by atoms with Crippen molar-refractivity contribution in [3.8, 4) is 11.3 Å². The summed E-state index contributed by atoms with van der Waals surface area (Å²) in [6.45, 7) is 5.33. The van der Waals surface area contributed by atoms with Gasteiger partial charge in [-0.25, -0.2) is 8.42 Å². The third kappa shape index (κ3) is 3.10. The van der Waals surface area contributed by atoms with Gasteiger partial charge >= 0.3 is 0 Å². The van der Waals surface area contributed by atoms with Crippen LogP contribution in [0.2, 0.25) is 0 Å². The SMILES string of the molecule is Cc1cc(-c2ccc(C)c(S(=O)(=O)N3C[C@@H]4COCC[C@]4(CO)C3)c2)on1. The Balaban J connectivity index is 1.70. The Labute approximate surface area is 159 Å². The third-order valence-corrected chi connectivity index (χ3v) is 7.83. The second-order valence-electron chi connectivity index (χ2n) is 7.65. The molecule has 146 valence electrons. The summed E-state index contributed by atoms with van der Waals surface area (Å²) in [4.78, 5) is 0.265. The quantitative estimate of drug-likeness (QED) is 0.855. The Morgan fingerprint density at radius 1 is 1.33 bits per heavy atom. The topological polar surface area (TPSA) is 92.9 Å². The number of aliphatic hydroxyl groups excluding tert-OH is 1. The molecule has 0 saturated carbocycles. The van der Waals surface area contributed by atoms with E-state index in [0.717, 1.165) is 5.69 Å². The molecule has 0 bridgehead atoms. The van der Waals surface area contributed by atoms with Crippen LogP contribution in [0.15, 0.2) is 33.7 Å². The molecule has 3 heterocycles. The lowest BCUT2D eigenvalue weighted by Crippen LogP contribution is -2.41. The van der Waals surface area contributed by atoms with Crippen molar-refractivity contribution in [1.29, 1.82) is 0 Å². The highest BCUT2D eigenvalue weighted by atomic mass is 32.2. The summed E-state index contributed by atoms with van der Waals surface area (Å²) in [7, 11) is -3.69. The molecule has 0 spiro atoms. The highest BCUT2D eigenvalue weighted by molar-refractivity contribution is 7.89. The number of hydrogen-bond donors (Lipinski definition) is 1. The Kier molecular flexibility index (Phi) is 4.62. The van der Waals surface area contributed by atoms with Crippen molar-refractivity contribution >= 4 is 10.0 Å². The van der Waals surface area contributed by atoms with Crippen molar-refractivity contribution in [2.45, 2.75) is 25.2 Å². The van der Waals surface area contributed by atoms with Crippen LogP contribution in [0.5, 0.6) is 0 Å². The zero-order valence-electron chi connectivity index (χ0n) is 15.5. The number of nitrogens with zero attached hydrogens (tertiary/aromatic N) is 2. The summed E-state index contributed by atoms with van der Waals surface area (Å²) in [6, 6.07) is 7.05. The third-order valence-electron chi connectivity index (χ3n) is 5.88. The number of aryl methyl sites for hydroxylation is 2. The number of fused-ring (bicyclic) bond motifs is 1. The number of benzene rings is 1. The van der Waals surface area contributed by atoms with Crippen molar-refractivity contribution in [2.24, 2.45) is 11.3 Å². The van der Waals surface area contributed by atoms with Crippen LogP contribution in [0.25, 0.3) is 11.3 Å². The highest BCUT2D eigenvalue weighted by Crippen LogP contribution is 2.44. The minimum Gasteiger partial charge on any atom is -0.396 e. The molecule has 0 radical (unpaired) electrons. The van der Waals surface area contributed by atoms with Crippen molar-refractivity contribution in [1.82, 2.24) is 9.46 Å². The van der Waals surface area contributed by atoms with Gasteiger partial charge in [-0.15, -0.1) is 0 Å². The first-order valence-corrected chi connectivity index (χ1v) is 10.5. The van der Waals surface area contributed by atoms with Crippen LogP contribution in [0, 0.1) is 25.2 Å². The molecule has 1 aromatic heterocycles. The molecule has 0 unspecified atom stereocenters. The number of hydrogen-bond acceptors (Lipinski definition) is 6. The molecule has 2 aliphatic heterocycles. The summed E-state index contributed by atoms with van der Waals surface area (Å²) in [6.07, 6.45) is 0.677. The van der Waals surface area contributed by atoms with Crippen LogP contribution in [-0.4, -0.2) is 55.9 Å². The van der Waals surface area contributed by atoms with Crippen molar-refractivity contribution in [2.75, 3.05) is 32.9 Å². The van der Waals surface area contributed by atoms with Gasteiger partial charge in [0.2, 0.25) is 10.0 Å². The van der Waals surface area contributed by atoms with Crippen LogP contribution < -0.4 is 0 Å². The smallest absolute Gasteiger partial charge is 0.243 e. The van der Waals surface area contributed by atoms with Gasteiger partial charge in [-0.2, -0.15) is 4.31 Å². The summed E-state index contributed by atoms with van der Waals surface area (Å²) in [5.41, 5.74) is 1.69. The first kappa shape index (κ1) is 18.6. The molecule has 1 N–H and O–H groups in total. The molecule has 2 aliphatic rings. The van der Waals surface area contributed by atoms with E-state index in [1.54, 1.807) is 25.1 Å². The Morgan fingerprint density at radius 3 is 2.81 bits per heavy atom. The molecule has 2 fully saturated rings. The van der Waals surface area contributed by atoms with Gasteiger partial charge in [-0.3, -0.25) is 0 Å². The summed E-state index contributed by atoms with van der Waals surface area (Å²) < 4.78 is 39.1. The van der Waals surface area contributed by atoms with E-state index in [0.29, 0.717) is 49.6 Å². The van der Waals surface area contributed by atoms with E-state index in [1.165, 1.54) is 4.31 Å². The molecule has 2 atom stereocenters. The van der Waals surface area contributed by atoms with Crippen LogP contribution in [0.4, 0.5) is 0 Å². The van der Waals surface area contributed by atoms with E-state index >= 15 is 0 Å². The van der Waals surface area contributed by atoms with E-state index in [9.17, 15) is 13.5 Å². The molecule has 7 nitrogen and oxygen atoms in total. The fraction of sp³-hybridized carbons (Fsp3) is 0.526. The van der Waals surface area contributed by atoms with Gasteiger partial charge in [-0.1, -0.05) is 17.3 Å². The van der Waals surface area contributed by atoms with E-state index in [2.05, 4.69) is 5.16 Å². The maximum absolute atomic E-state index is 13.4. The molecule has 1 aromatic carbocycles. The second kappa shape index (κ2) is 6.70. The first-order chi connectivity index (χ1) is 12.9. The number of aliphatic hydroxyl groups is 1. The fourth-order valence-electron chi connectivity index (χ4n) is 4.11. The number of rotatable bonds is 4. The summed E-state index contributed by atoms with van der Waals surface area (Å²) in [5.74, 6) is 0.561. The standard InChI is InChI=1S/C19H24N2O5S/c1-13-3-4-15(17-7-14(2)20-26-17)8-18(13)27(23,24)21-9-16-10-25-6-5-19(16,11-21)12-22/h3-4,7-8,16,22H,5-6,9-12H2,1-2H3/t16-,19-/m1/s1. The van der Waals surface area contributed by atoms with Gasteiger partial charge in [0, 0.05) is 42.7 Å². The largest absolute Gasteiger partial charge is 0.396 e. The average molecular weight is 392 g/mol. The molecule has 0 aliphatic carbocycles. The molecule has 2 saturated heterocycles. The van der Waals surface area contributed by atoms with Gasteiger partial charge in [0.15, 0.2) is 5.76 Å². The Hall–Kier alpha value is -1.74. The first-order valence-electron chi connectivity index (χ1n) is 9.09. The Bertz CT molecular complexity index is 955. The predicted octanol–water partition coefficient (Wildman–Crippen LogP) is 1.98. The van der Waals surface area contributed by atoms with Gasteiger partial charge in [0.05, 0.1) is 23.8 Å². The van der Waals surface area contributed by atoms with Crippen LogP contribution in [-0.2, 0) is 14.8 Å². The monoisotopic (exact) mass is 392 g/mol. The summed E-state index contributed by atoms with van der Waals surface area (Å²) >= 11 is 0. The zero-order chi connectivity index (χ0) is 19.2. The highest BCUT2D eigenvalue weighted by Gasteiger charge is 2.51. The minimum atomic E-state index is -3.69. The number of aromatic nitrogens is 1. The van der Waals surface area contributed by atoms with Crippen molar-refractivity contribution in [3.63, 3.8) is 0 Å². The lowest BCUT2D eigenvalue weighted by molar-refractivity contribution is -0.0414. The molecule has 8 heteroatoms. The van der Waals surface area contributed by atoms with E-state index in [-0.39, 0.29) is 17.4 Å².